The first kappa shape index (κ1) is 14.3. The first-order chi connectivity index (χ1) is 11.3. The average molecular weight is 327 g/mol. The first-order valence-electron chi connectivity index (χ1n) is 7.69. The van der Waals surface area contributed by atoms with Crippen molar-refractivity contribution in [3.8, 4) is 0 Å². The molecule has 0 bridgehead atoms. The Labute approximate surface area is 137 Å². The van der Waals surface area contributed by atoms with Crippen molar-refractivity contribution in [2.45, 2.75) is 19.5 Å². The Hall–Kier alpha value is -2.25. The van der Waals surface area contributed by atoms with Gasteiger partial charge < -0.3 is 15.2 Å². The molecule has 3 aromatic rings. The van der Waals surface area contributed by atoms with Crippen molar-refractivity contribution in [2.75, 3.05) is 13.1 Å². The summed E-state index contributed by atoms with van der Waals surface area (Å²) in [5.74, 6) is 0.806. The van der Waals surface area contributed by atoms with Crippen LogP contribution in [0.5, 0.6) is 0 Å². The number of nitrogens with one attached hydrogen (secondary N) is 2. The Morgan fingerprint density at radius 3 is 3.13 bits per heavy atom. The zero-order valence-corrected chi connectivity index (χ0v) is 13.4. The molecule has 0 aliphatic carbocycles. The Morgan fingerprint density at radius 2 is 2.26 bits per heavy atom. The molecule has 118 valence electrons. The Bertz CT molecular complexity index is 797. The highest BCUT2D eigenvalue weighted by atomic mass is 32.1. The smallest absolute Gasteiger partial charge is 0.271 e. The third-order valence-electron chi connectivity index (χ3n) is 3.87. The van der Waals surface area contributed by atoms with Crippen LogP contribution in [0.4, 0.5) is 0 Å². The summed E-state index contributed by atoms with van der Waals surface area (Å²) in [5.41, 5.74) is 1.51. The van der Waals surface area contributed by atoms with Gasteiger partial charge in [-0.05, 0) is 12.1 Å². The molecule has 2 N–H and O–H groups in total. The molecule has 1 aliphatic heterocycles. The largest absolute Gasteiger partial charge is 0.350 e. The van der Waals surface area contributed by atoms with Crippen LogP contribution in [0.2, 0.25) is 0 Å². The molecule has 7 heteroatoms. The van der Waals surface area contributed by atoms with E-state index in [4.69, 9.17) is 0 Å². The molecule has 0 spiro atoms. The minimum atomic E-state index is -0.118. The molecule has 3 heterocycles. The van der Waals surface area contributed by atoms with Crippen molar-refractivity contribution in [1.29, 1.82) is 0 Å². The van der Waals surface area contributed by atoms with Crippen LogP contribution in [-0.2, 0) is 19.5 Å². The third kappa shape index (κ3) is 2.97. The van der Waals surface area contributed by atoms with Crippen molar-refractivity contribution >= 4 is 27.5 Å². The molecular weight excluding hydrogens is 310 g/mol. The van der Waals surface area contributed by atoms with Crippen LogP contribution in [-0.4, -0.2) is 33.5 Å². The molecule has 0 radical (unpaired) electrons. The van der Waals surface area contributed by atoms with E-state index in [0.29, 0.717) is 12.2 Å². The van der Waals surface area contributed by atoms with Gasteiger partial charge in [0.05, 0.1) is 21.8 Å². The number of rotatable bonds is 4. The lowest BCUT2D eigenvalue weighted by Crippen LogP contribution is -2.27. The van der Waals surface area contributed by atoms with E-state index in [2.05, 4.69) is 26.7 Å². The Morgan fingerprint density at radius 1 is 1.35 bits per heavy atom. The van der Waals surface area contributed by atoms with Gasteiger partial charge in [-0.25, -0.2) is 9.97 Å². The third-order valence-corrected chi connectivity index (χ3v) is 4.96. The predicted molar refractivity (Wildman–Crippen MR) is 89.6 cm³/mol. The second-order valence-corrected chi connectivity index (χ2v) is 6.61. The lowest BCUT2D eigenvalue weighted by Gasteiger charge is -2.13. The normalized spacial score (nSPS) is 13.9. The van der Waals surface area contributed by atoms with Crippen LogP contribution in [0.25, 0.3) is 10.2 Å². The van der Waals surface area contributed by atoms with E-state index in [1.165, 1.54) is 4.70 Å². The molecule has 23 heavy (non-hydrogen) atoms. The molecule has 0 saturated heterocycles. The van der Waals surface area contributed by atoms with Crippen molar-refractivity contribution in [2.24, 2.45) is 0 Å². The van der Waals surface area contributed by atoms with E-state index < -0.39 is 0 Å². The first-order valence-corrected chi connectivity index (χ1v) is 8.51. The summed E-state index contributed by atoms with van der Waals surface area (Å²) in [7, 11) is 0. The second kappa shape index (κ2) is 6.10. The van der Waals surface area contributed by atoms with E-state index in [1.54, 1.807) is 11.3 Å². The van der Waals surface area contributed by atoms with E-state index >= 15 is 0 Å². The maximum Gasteiger partial charge on any atom is 0.271 e. The van der Waals surface area contributed by atoms with E-state index in [1.807, 2.05) is 29.0 Å². The summed E-state index contributed by atoms with van der Waals surface area (Å²) in [6.07, 6.45) is 2.57. The Balaban J connectivity index is 1.37. The topological polar surface area (TPSA) is 71.8 Å². The SMILES string of the molecule is O=C(NCCc1nc2ccccc2s1)c1cn2c(n1)CNCC2. The number of nitrogens with zero attached hydrogens (tertiary/aromatic N) is 3. The minimum absolute atomic E-state index is 0.118. The Kier molecular flexibility index (Phi) is 3.80. The molecule has 6 nitrogen and oxygen atoms in total. The van der Waals surface area contributed by atoms with Gasteiger partial charge in [-0.1, -0.05) is 12.1 Å². The average Bonchev–Trinajstić information content (AvgIpc) is 3.18. The van der Waals surface area contributed by atoms with Crippen molar-refractivity contribution in [3.63, 3.8) is 0 Å². The van der Waals surface area contributed by atoms with Gasteiger partial charge >= 0.3 is 0 Å². The zero-order chi connectivity index (χ0) is 15.6. The van der Waals surface area contributed by atoms with Crippen LogP contribution in [0.15, 0.2) is 30.5 Å². The number of fused-ring (bicyclic) bond motifs is 2. The maximum absolute atomic E-state index is 12.2. The highest BCUT2D eigenvalue weighted by molar-refractivity contribution is 7.18. The minimum Gasteiger partial charge on any atom is -0.350 e. The standard InChI is InChI=1S/C16H17N5OS/c22-16(12-10-21-8-7-17-9-14(21)19-12)18-6-5-15-20-11-3-1-2-4-13(11)23-15/h1-4,10,17H,5-9H2,(H,18,22). The molecule has 1 amide bonds. The molecule has 0 fully saturated rings. The van der Waals surface area contributed by atoms with Crippen LogP contribution >= 0.6 is 11.3 Å². The molecule has 1 aromatic carbocycles. The van der Waals surface area contributed by atoms with Gasteiger partial charge in [0, 0.05) is 32.3 Å². The van der Waals surface area contributed by atoms with Gasteiger partial charge in [-0.3, -0.25) is 4.79 Å². The van der Waals surface area contributed by atoms with Gasteiger partial charge in [-0.15, -0.1) is 11.3 Å². The number of thiazole rings is 1. The van der Waals surface area contributed by atoms with E-state index in [-0.39, 0.29) is 5.91 Å². The van der Waals surface area contributed by atoms with E-state index in [0.717, 1.165) is 42.4 Å². The van der Waals surface area contributed by atoms with Gasteiger partial charge in [0.1, 0.15) is 11.5 Å². The molecule has 1 aliphatic rings. The number of benzene rings is 1. The van der Waals surface area contributed by atoms with Crippen molar-refractivity contribution in [1.82, 2.24) is 25.2 Å². The van der Waals surface area contributed by atoms with Crippen LogP contribution < -0.4 is 10.6 Å². The maximum atomic E-state index is 12.2. The predicted octanol–water partition coefficient (Wildman–Crippen LogP) is 1.57. The highest BCUT2D eigenvalue weighted by Crippen LogP contribution is 2.21. The second-order valence-electron chi connectivity index (χ2n) is 5.49. The summed E-state index contributed by atoms with van der Waals surface area (Å²) in [5, 5.41) is 7.22. The number of carbonyl (C=O) groups excluding carboxylic acids is 1. The number of hydrogen-bond donors (Lipinski definition) is 2. The number of aromatic nitrogens is 3. The summed E-state index contributed by atoms with van der Waals surface area (Å²) < 4.78 is 3.22. The lowest BCUT2D eigenvalue weighted by atomic mass is 10.3. The summed E-state index contributed by atoms with van der Waals surface area (Å²) >= 11 is 1.68. The van der Waals surface area contributed by atoms with Gasteiger partial charge in [0.2, 0.25) is 0 Å². The van der Waals surface area contributed by atoms with Gasteiger partial charge in [0.25, 0.3) is 5.91 Å². The molecule has 2 aromatic heterocycles. The number of hydrogen-bond acceptors (Lipinski definition) is 5. The molecule has 0 saturated carbocycles. The molecule has 0 unspecified atom stereocenters. The van der Waals surface area contributed by atoms with Crippen LogP contribution in [0.3, 0.4) is 0 Å². The molecule has 4 rings (SSSR count). The van der Waals surface area contributed by atoms with E-state index in [9.17, 15) is 4.79 Å². The number of para-hydroxylation sites is 1. The fourth-order valence-electron chi connectivity index (χ4n) is 2.70. The molecular formula is C16H17N5OS. The van der Waals surface area contributed by atoms with Crippen LogP contribution in [0.1, 0.15) is 21.3 Å². The number of carbonyl (C=O) groups is 1. The summed E-state index contributed by atoms with van der Waals surface area (Å²) in [4.78, 5) is 21.2. The van der Waals surface area contributed by atoms with Gasteiger partial charge in [0.15, 0.2) is 0 Å². The summed E-state index contributed by atoms with van der Waals surface area (Å²) in [6, 6.07) is 8.08. The molecule has 0 atom stereocenters. The monoisotopic (exact) mass is 327 g/mol. The number of amides is 1. The van der Waals surface area contributed by atoms with Gasteiger partial charge in [-0.2, -0.15) is 0 Å². The zero-order valence-electron chi connectivity index (χ0n) is 12.6. The van der Waals surface area contributed by atoms with Crippen molar-refractivity contribution < 1.29 is 4.79 Å². The van der Waals surface area contributed by atoms with Crippen LogP contribution in [0, 0.1) is 0 Å². The fourth-order valence-corrected chi connectivity index (χ4v) is 3.67. The lowest BCUT2D eigenvalue weighted by molar-refractivity contribution is 0.0949. The van der Waals surface area contributed by atoms with Crippen molar-refractivity contribution in [3.05, 3.63) is 47.0 Å². The quantitative estimate of drug-likeness (QED) is 0.763. The summed E-state index contributed by atoms with van der Waals surface area (Å²) in [6.45, 7) is 3.07. The number of imidazole rings is 1. The highest BCUT2D eigenvalue weighted by Gasteiger charge is 2.16. The fraction of sp³-hybridized carbons (Fsp3) is 0.312.